The van der Waals surface area contributed by atoms with E-state index < -0.39 is 26.1 Å². The largest absolute Gasteiger partial charge is 0.376 e. The molecule has 36 heavy (non-hydrogen) atoms. The third-order valence-corrected chi connectivity index (χ3v) is 9.60. The van der Waals surface area contributed by atoms with Crippen LogP contribution in [0.3, 0.4) is 0 Å². The Morgan fingerprint density at radius 1 is 1.11 bits per heavy atom. The smallest absolute Gasteiger partial charge is 0.340 e. The minimum atomic E-state index is -4.18. The Bertz CT molecular complexity index is 1650. The summed E-state index contributed by atoms with van der Waals surface area (Å²) >= 11 is 0. The molecule has 0 amide bonds. The van der Waals surface area contributed by atoms with Crippen LogP contribution in [0.1, 0.15) is 40.5 Å². The number of benzene rings is 2. The number of fused-ring (bicyclic) bond motifs is 1. The zero-order valence-corrected chi connectivity index (χ0v) is 22.4. The molecule has 1 atom stereocenters. The molecule has 0 saturated heterocycles. The van der Waals surface area contributed by atoms with Crippen molar-refractivity contribution in [2.45, 2.75) is 50.0 Å². The standard InChI is InChI=1S/C25H26N2O7S2/c1-14-7-9-18(10-8-14)36(31,32)34-25-23(17(4)26-27(25)5)20-11-15(2)24-22(16(20)3)21(33-6)12-19(13-28)35(24,29)30/h7-11,21H,12H2,1-6H3. The summed E-state index contributed by atoms with van der Waals surface area (Å²) in [6, 6.07) is 7.93. The summed E-state index contributed by atoms with van der Waals surface area (Å²) in [6.45, 7) is 6.92. The van der Waals surface area contributed by atoms with Crippen molar-refractivity contribution in [3.05, 3.63) is 63.2 Å². The molecule has 190 valence electrons. The second kappa shape index (κ2) is 9.01. The molecule has 1 aliphatic rings. The summed E-state index contributed by atoms with van der Waals surface area (Å²) in [5.74, 6) is 1.55. The summed E-state index contributed by atoms with van der Waals surface area (Å²) in [4.78, 5) is 11.1. The van der Waals surface area contributed by atoms with E-state index in [1.54, 1.807) is 52.0 Å². The Morgan fingerprint density at radius 3 is 2.33 bits per heavy atom. The van der Waals surface area contributed by atoms with Crippen LogP contribution in [0, 0.1) is 27.7 Å². The predicted molar refractivity (Wildman–Crippen MR) is 133 cm³/mol. The first-order valence-corrected chi connectivity index (χ1v) is 13.9. The van der Waals surface area contributed by atoms with Crippen LogP contribution < -0.4 is 4.18 Å². The second-order valence-corrected chi connectivity index (χ2v) is 12.3. The summed E-state index contributed by atoms with van der Waals surface area (Å²) in [6.07, 6.45) is -0.841. The van der Waals surface area contributed by atoms with Crippen molar-refractivity contribution in [2.75, 3.05) is 7.11 Å². The molecule has 1 aliphatic heterocycles. The number of hydrogen-bond donors (Lipinski definition) is 0. The number of aromatic nitrogens is 2. The van der Waals surface area contributed by atoms with Crippen molar-refractivity contribution in [3.8, 4) is 17.0 Å². The van der Waals surface area contributed by atoms with Gasteiger partial charge in [0.2, 0.25) is 15.7 Å². The van der Waals surface area contributed by atoms with Gasteiger partial charge in [-0.15, -0.1) is 0 Å². The molecule has 4 rings (SSSR count). The van der Waals surface area contributed by atoms with Gasteiger partial charge in [-0.1, -0.05) is 17.7 Å². The van der Waals surface area contributed by atoms with Crippen LogP contribution in [0.5, 0.6) is 5.88 Å². The van der Waals surface area contributed by atoms with Gasteiger partial charge < -0.3 is 8.92 Å². The lowest BCUT2D eigenvalue weighted by Crippen LogP contribution is -2.23. The number of methoxy groups -OCH3 is 1. The zero-order chi connectivity index (χ0) is 26.6. The molecular formula is C25H26N2O7S2. The van der Waals surface area contributed by atoms with E-state index in [1.807, 2.05) is 6.92 Å². The number of rotatable bonds is 5. The maximum atomic E-state index is 13.1. The van der Waals surface area contributed by atoms with Gasteiger partial charge in [-0.05, 0) is 62.6 Å². The van der Waals surface area contributed by atoms with E-state index in [1.165, 1.54) is 23.9 Å². The van der Waals surface area contributed by atoms with E-state index in [9.17, 15) is 21.6 Å². The van der Waals surface area contributed by atoms with Crippen molar-refractivity contribution < 1.29 is 30.6 Å². The summed E-state index contributed by atoms with van der Waals surface area (Å²) in [7, 11) is -5.22. The number of ether oxygens (including phenoxy) is 1. The van der Waals surface area contributed by atoms with E-state index in [2.05, 4.69) is 5.10 Å². The minimum Gasteiger partial charge on any atom is -0.376 e. The Morgan fingerprint density at radius 2 is 1.75 bits per heavy atom. The molecule has 1 unspecified atom stereocenters. The maximum absolute atomic E-state index is 13.1. The van der Waals surface area contributed by atoms with E-state index in [-0.39, 0.29) is 27.0 Å². The van der Waals surface area contributed by atoms with Crippen LogP contribution >= 0.6 is 0 Å². The lowest BCUT2D eigenvalue weighted by molar-refractivity contribution is 0.101. The molecular weight excluding hydrogens is 504 g/mol. The van der Waals surface area contributed by atoms with Gasteiger partial charge in [-0.25, -0.2) is 17.9 Å². The van der Waals surface area contributed by atoms with Crippen molar-refractivity contribution in [2.24, 2.45) is 7.05 Å². The minimum absolute atomic E-state index is 0.00312. The maximum Gasteiger partial charge on any atom is 0.340 e. The number of nitrogens with zero attached hydrogens (tertiary/aromatic N) is 2. The second-order valence-electron chi connectivity index (χ2n) is 8.81. The van der Waals surface area contributed by atoms with Gasteiger partial charge in [0.05, 0.1) is 22.3 Å². The molecule has 9 nitrogen and oxygen atoms in total. The average Bonchev–Trinajstić information content (AvgIpc) is 3.07. The number of hydrogen-bond acceptors (Lipinski definition) is 8. The third kappa shape index (κ3) is 4.08. The monoisotopic (exact) mass is 530 g/mol. The molecule has 0 saturated carbocycles. The van der Waals surface area contributed by atoms with Gasteiger partial charge in [0, 0.05) is 26.1 Å². The van der Waals surface area contributed by atoms with Crippen molar-refractivity contribution in [1.82, 2.24) is 9.78 Å². The predicted octanol–water partition coefficient (Wildman–Crippen LogP) is 3.67. The average molecular weight is 531 g/mol. The molecule has 1 aromatic heterocycles. The summed E-state index contributed by atoms with van der Waals surface area (Å²) in [5.41, 5.74) is 3.74. The molecule has 2 aromatic carbocycles. The lowest BCUT2D eigenvalue weighted by atomic mass is 9.90. The van der Waals surface area contributed by atoms with Gasteiger partial charge in [-0.2, -0.15) is 13.5 Å². The van der Waals surface area contributed by atoms with Crippen LogP contribution in [0.2, 0.25) is 0 Å². The zero-order valence-electron chi connectivity index (χ0n) is 20.7. The molecule has 2 heterocycles. The first kappa shape index (κ1) is 25.8. The van der Waals surface area contributed by atoms with Crippen molar-refractivity contribution >= 4 is 25.9 Å². The first-order chi connectivity index (χ1) is 16.8. The van der Waals surface area contributed by atoms with Crippen LogP contribution in [-0.2, 0) is 36.5 Å². The fraction of sp³-hybridized carbons (Fsp3) is 0.320. The van der Waals surface area contributed by atoms with Gasteiger partial charge >= 0.3 is 10.1 Å². The van der Waals surface area contributed by atoms with Crippen molar-refractivity contribution in [3.63, 3.8) is 0 Å². The molecule has 0 aliphatic carbocycles. The molecule has 0 bridgehead atoms. The summed E-state index contributed by atoms with van der Waals surface area (Å²) < 4.78 is 65.0. The van der Waals surface area contributed by atoms with Gasteiger partial charge in [-0.3, -0.25) is 0 Å². The Hall–Kier alpha value is -3.24. The highest BCUT2D eigenvalue weighted by molar-refractivity contribution is 7.95. The molecule has 0 fully saturated rings. The molecule has 0 spiro atoms. The van der Waals surface area contributed by atoms with Crippen LogP contribution in [0.4, 0.5) is 0 Å². The summed E-state index contributed by atoms with van der Waals surface area (Å²) in [5, 5.41) is 4.38. The van der Waals surface area contributed by atoms with Crippen LogP contribution in [-0.4, -0.2) is 39.7 Å². The number of sulfone groups is 1. The highest BCUT2D eigenvalue weighted by Gasteiger charge is 2.39. The highest BCUT2D eigenvalue weighted by atomic mass is 32.2. The van der Waals surface area contributed by atoms with E-state index in [0.717, 1.165) is 5.56 Å². The van der Waals surface area contributed by atoms with E-state index >= 15 is 0 Å². The molecule has 0 N–H and O–H groups in total. The van der Waals surface area contributed by atoms with Gasteiger partial charge in [0.15, 0.2) is 0 Å². The topological polar surface area (TPSA) is 122 Å². The Labute approximate surface area is 210 Å². The molecule has 11 heteroatoms. The van der Waals surface area contributed by atoms with Crippen LogP contribution in [0.15, 0.2) is 45.0 Å². The van der Waals surface area contributed by atoms with Gasteiger partial charge in [0.25, 0.3) is 0 Å². The van der Waals surface area contributed by atoms with Gasteiger partial charge in [0.1, 0.15) is 15.7 Å². The fourth-order valence-electron chi connectivity index (χ4n) is 4.62. The first-order valence-electron chi connectivity index (χ1n) is 11.0. The molecule has 0 radical (unpaired) electrons. The van der Waals surface area contributed by atoms with Crippen LogP contribution in [0.25, 0.3) is 11.1 Å². The lowest BCUT2D eigenvalue weighted by Gasteiger charge is -2.29. The SMILES string of the molecule is COC1CC(=C=O)S(=O)(=O)c2c(C)cc(-c3c(C)nn(C)c3OS(=O)(=O)c3ccc(C)cc3)c(C)c21. The molecule has 3 aromatic rings. The number of carbonyl (C=O) groups excluding carboxylic acids is 1. The quantitative estimate of drug-likeness (QED) is 0.362. The number of aryl methyl sites for hydroxylation is 4. The normalized spacial score (nSPS) is 16.9. The van der Waals surface area contributed by atoms with Crippen molar-refractivity contribution in [1.29, 1.82) is 0 Å². The Balaban J connectivity index is 1.95. The van der Waals surface area contributed by atoms with E-state index in [4.69, 9.17) is 8.92 Å². The van der Waals surface area contributed by atoms with E-state index in [0.29, 0.717) is 33.5 Å². The highest BCUT2D eigenvalue weighted by Crippen LogP contribution is 2.47. The fourth-order valence-corrected chi connectivity index (χ4v) is 7.37. The Kier molecular flexibility index (Phi) is 6.47. The third-order valence-electron chi connectivity index (χ3n) is 6.39.